The molecule has 0 saturated carbocycles. The van der Waals surface area contributed by atoms with Gasteiger partial charge in [0.1, 0.15) is 6.33 Å². The normalized spacial score (nSPS) is 15.7. The van der Waals surface area contributed by atoms with Crippen LogP contribution in [-0.2, 0) is 0 Å². The number of hydrogen-bond donors (Lipinski definition) is 2. The number of nitrogen functional groups attached to an aromatic ring is 1. The van der Waals surface area contributed by atoms with Gasteiger partial charge >= 0.3 is 5.69 Å². The summed E-state index contributed by atoms with van der Waals surface area (Å²) in [6, 6.07) is 0. The predicted molar refractivity (Wildman–Crippen MR) is 62.6 cm³/mol. The summed E-state index contributed by atoms with van der Waals surface area (Å²) >= 11 is 0. The predicted octanol–water partition coefficient (Wildman–Crippen LogP) is 0.661. The average molecular weight is 238 g/mol. The van der Waals surface area contributed by atoms with E-state index < -0.39 is 4.92 Å². The van der Waals surface area contributed by atoms with Crippen LogP contribution >= 0.6 is 0 Å². The Morgan fingerprint density at radius 1 is 1.35 bits per heavy atom. The van der Waals surface area contributed by atoms with Crippen molar-refractivity contribution in [3.63, 3.8) is 0 Å². The highest BCUT2D eigenvalue weighted by atomic mass is 16.6. The second kappa shape index (κ2) is 4.91. The second-order valence-corrected chi connectivity index (χ2v) is 3.84. The molecule has 17 heavy (non-hydrogen) atoms. The summed E-state index contributed by atoms with van der Waals surface area (Å²) in [5, 5.41) is 11.0. The number of nitrogens with two attached hydrogens (primary N) is 1. The maximum atomic E-state index is 11.0. The third-order valence-corrected chi connectivity index (χ3v) is 2.78. The molecule has 0 radical (unpaired) electrons. The van der Waals surface area contributed by atoms with Crippen molar-refractivity contribution >= 4 is 17.3 Å². The molecule has 1 fully saturated rings. The van der Waals surface area contributed by atoms with Gasteiger partial charge < -0.3 is 10.3 Å². The zero-order chi connectivity index (χ0) is 12.3. The van der Waals surface area contributed by atoms with E-state index in [0.717, 1.165) is 32.4 Å². The fourth-order valence-corrected chi connectivity index (χ4v) is 1.98. The second-order valence-electron chi connectivity index (χ2n) is 3.84. The van der Waals surface area contributed by atoms with Gasteiger partial charge in [-0.1, -0.05) is 0 Å². The van der Waals surface area contributed by atoms with Crippen LogP contribution in [0.3, 0.4) is 0 Å². The number of rotatable bonds is 3. The molecule has 0 aliphatic carbocycles. The largest absolute Gasteiger partial charge is 0.354 e. The number of hydrogen-bond acceptors (Lipinski definition) is 7. The van der Waals surface area contributed by atoms with E-state index in [1.165, 1.54) is 6.33 Å². The molecular weight excluding hydrogens is 224 g/mol. The molecule has 8 heteroatoms. The summed E-state index contributed by atoms with van der Waals surface area (Å²) in [6.07, 6.45) is 4.47. The van der Waals surface area contributed by atoms with Crippen molar-refractivity contribution in [3.05, 3.63) is 16.4 Å². The maximum absolute atomic E-state index is 11.0. The molecule has 92 valence electrons. The van der Waals surface area contributed by atoms with E-state index in [1.807, 2.05) is 4.90 Å². The lowest BCUT2D eigenvalue weighted by Crippen LogP contribution is -2.31. The molecule has 1 saturated heterocycles. The Balaban J connectivity index is 2.40. The maximum Gasteiger partial charge on any atom is 0.354 e. The number of hydrazine groups is 1. The van der Waals surface area contributed by atoms with Crippen molar-refractivity contribution in [1.29, 1.82) is 0 Å². The molecule has 3 N–H and O–H groups in total. The molecule has 0 spiro atoms. The van der Waals surface area contributed by atoms with Crippen LogP contribution in [0.15, 0.2) is 6.33 Å². The van der Waals surface area contributed by atoms with Crippen molar-refractivity contribution < 1.29 is 4.92 Å². The lowest BCUT2D eigenvalue weighted by Gasteiger charge is -2.27. The minimum Gasteiger partial charge on any atom is -0.351 e. The van der Waals surface area contributed by atoms with Crippen LogP contribution in [-0.4, -0.2) is 28.0 Å². The zero-order valence-electron chi connectivity index (χ0n) is 9.30. The summed E-state index contributed by atoms with van der Waals surface area (Å²) in [7, 11) is 0. The topological polar surface area (TPSA) is 110 Å². The number of nitrogens with zero attached hydrogens (tertiary/aromatic N) is 4. The minimum atomic E-state index is -0.501. The van der Waals surface area contributed by atoms with Crippen molar-refractivity contribution in [2.24, 2.45) is 5.84 Å². The average Bonchev–Trinajstić information content (AvgIpc) is 2.38. The summed E-state index contributed by atoms with van der Waals surface area (Å²) in [5.74, 6) is 5.62. The summed E-state index contributed by atoms with van der Waals surface area (Å²) in [4.78, 5) is 20.2. The van der Waals surface area contributed by atoms with E-state index in [9.17, 15) is 10.1 Å². The molecule has 0 aromatic carbocycles. The van der Waals surface area contributed by atoms with Crippen LogP contribution in [0, 0.1) is 10.1 Å². The van der Waals surface area contributed by atoms with Crippen molar-refractivity contribution in [1.82, 2.24) is 9.97 Å². The molecule has 0 atom stereocenters. The first-order valence-corrected chi connectivity index (χ1v) is 5.45. The highest BCUT2D eigenvalue weighted by Gasteiger charge is 2.27. The van der Waals surface area contributed by atoms with Gasteiger partial charge in [0.2, 0.25) is 11.6 Å². The Morgan fingerprint density at radius 3 is 2.65 bits per heavy atom. The quantitative estimate of drug-likeness (QED) is 0.452. The molecule has 0 amide bonds. The van der Waals surface area contributed by atoms with Gasteiger partial charge in [0.15, 0.2) is 0 Å². The first kappa shape index (κ1) is 11.5. The number of piperidine rings is 1. The van der Waals surface area contributed by atoms with Crippen molar-refractivity contribution in [2.75, 3.05) is 23.4 Å². The Kier molecular flexibility index (Phi) is 3.33. The van der Waals surface area contributed by atoms with Crippen LogP contribution in [0.2, 0.25) is 0 Å². The smallest absolute Gasteiger partial charge is 0.351 e. The number of anilines is 2. The van der Waals surface area contributed by atoms with Gasteiger partial charge in [0, 0.05) is 13.1 Å². The van der Waals surface area contributed by atoms with E-state index in [0.29, 0.717) is 5.82 Å². The summed E-state index contributed by atoms with van der Waals surface area (Å²) < 4.78 is 0. The van der Waals surface area contributed by atoms with Crippen molar-refractivity contribution in [3.8, 4) is 0 Å². The minimum absolute atomic E-state index is 0.0468. The Hall–Kier alpha value is -1.96. The van der Waals surface area contributed by atoms with Gasteiger partial charge in [0.05, 0.1) is 4.92 Å². The van der Waals surface area contributed by atoms with Crippen LogP contribution in [0.25, 0.3) is 0 Å². The lowest BCUT2D eigenvalue weighted by molar-refractivity contribution is -0.383. The highest BCUT2D eigenvalue weighted by molar-refractivity contribution is 5.69. The molecule has 2 rings (SSSR count). The van der Waals surface area contributed by atoms with Crippen molar-refractivity contribution in [2.45, 2.75) is 19.3 Å². The van der Waals surface area contributed by atoms with E-state index in [4.69, 9.17) is 5.84 Å². The SMILES string of the molecule is NNc1ncnc(N2CCCCC2)c1[N+](=O)[O-]. The van der Waals surface area contributed by atoms with Gasteiger partial charge in [-0.25, -0.2) is 15.8 Å². The fourth-order valence-electron chi connectivity index (χ4n) is 1.98. The molecule has 8 nitrogen and oxygen atoms in total. The molecular formula is C9H14N6O2. The summed E-state index contributed by atoms with van der Waals surface area (Å²) in [5.41, 5.74) is 2.08. The lowest BCUT2D eigenvalue weighted by atomic mass is 10.1. The molecule has 1 aromatic heterocycles. The summed E-state index contributed by atoms with van der Waals surface area (Å²) in [6.45, 7) is 1.56. The zero-order valence-corrected chi connectivity index (χ0v) is 9.30. The van der Waals surface area contributed by atoms with E-state index in [2.05, 4.69) is 15.4 Å². The van der Waals surface area contributed by atoms with Crippen LogP contribution < -0.4 is 16.2 Å². The third-order valence-electron chi connectivity index (χ3n) is 2.78. The Labute approximate surface area is 98.0 Å². The molecule has 0 unspecified atom stereocenters. The Morgan fingerprint density at radius 2 is 2.06 bits per heavy atom. The van der Waals surface area contributed by atoms with E-state index >= 15 is 0 Å². The number of nitro groups is 1. The van der Waals surface area contributed by atoms with E-state index in [1.54, 1.807) is 0 Å². The molecule has 2 heterocycles. The molecule has 1 aromatic rings. The number of nitrogens with one attached hydrogen (secondary N) is 1. The molecule has 1 aliphatic heterocycles. The first-order valence-electron chi connectivity index (χ1n) is 5.45. The van der Waals surface area contributed by atoms with Crippen LogP contribution in [0.5, 0.6) is 0 Å². The van der Waals surface area contributed by atoms with Gasteiger partial charge in [-0.15, -0.1) is 0 Å². The Bertz CT molecular complexity index is 418. The standard InChI is InChI=1S/C9H14N6O2/c10-13-8-7(15(16)17)9(12-6-11-8)14-4-2-1-3-5-14/h6H,1-5,10H2,(H,11,12,13). The van der Waals surface area contributed by atoms with Gasteiger partial charge in [-0.2, -0.15) is 0 Å². The van der Waals surface area contributed by atoms with Gasteiger partial charge in [0.25, 0.3) is 0 Å². The highest BCUT2D eigenvalue weighted by Crippen LogP contribution is 2.32. The van der Waals surface area contributed by atoms with Gasteiger partial charge in [-0.05, 0) is 19.3 Å². The van der Waals surface area contributed by atoms with E-state index in [-0.39, 0.29) is 11.5 Å². The van der Waals surface area contributed by atoms with Crippen LogP contribution in [0.4, 0.5) is 17.3 Å². The number of aromatic nitrogens is 2. The fraction of sp³-hybridized carbons (Fsp3) is 0.556. The molecule has 0 bridgehead atoms. The van der Waals surface area contributed by atoms with Crippen LogP contribution in [0.1, 0.15) is 19.3 Å². The first-order chi connectivity index (χ1) is 8.24. The monoisotopic (exact) mass is 238 g/mol. The third kappa shape index (κ3) is 2.26. The van der Waals surface area contributed by atoms with Gasteiger partial charge in [-0.3, -0.25) is 10.1 Å². The molecule has 1 aliphatic rings.